The summed E-state index contributed by atoms with van der Waals surface area (Å²) in [7, 11) is -2.12. The summed E-state index contributed by atoms with van der Waals surface area (Å²) in [6, 6.07) is 5.79. The van der Waals surface area contributed by atoms with Crippen molar-refractivity contribution < 1.29 is 27.5 Å². The molecule has 0 saturated carbocycles. The summed E-state index contributed by atoms with van der Waals surface area (Å²) in [6.45, 7) is 5.12. The number of ether oxygens (including phenoxy) is 1. The smallest absolute Gasteiger partial charge is 0.410 e. The number of thiophene rings is 1. The maximum Gasteiger partial charge on any atom is 0.410 e. The Morgan fingerprint density at radius 2 is 1.84 bits per heavy atom. The number of amides is 3. The van der Waals surface area contributed by atoms with E-state index in [-0.39, 0.29) is 29.0 Å². The standard InChI is InChI=1S/C25H32N4O6S2/c1-4-35-25(32)28-14-12-19-20(15-28)36-24(21(19)23(31)26-3)27-22(30)17-8-10-18(11-9-17)37(33,34)29-13-6-5-7-16(29)2/h8-11,16H,4-7,12-15H2,1-3H3,(H,26,31)(H,27,30). The summed E-state index contributed by atoms with van der Waals surface area (Å²) in [4.78, 5) is 40.5. The topological polar surface area (TPSA) is 125 Å². The molecule has 4 rings (SSSR count). The highest BCUT2D eigenvalue weighted by Crippen LogP contribution is 2.37. The van der Waals surface area contributed by atoms with Crippen molar-refractivity contribution in [1.82, 2.24) is 14.5 Å². The van der Waals surface area contributed by atoms with Crippen LogP contribution in [-0.4, -0.2) is 68.3 Å². The van der Waals surface area contributed by atoms with Crippen molar-refractivity contribution in [1.29, 1.82) is 0 Å². The molecule has 1 atom stereocenters. The Morgan fingerprint density at radius 3 is 2.49 bits per heavy atom. The van der Waals surface area contributed by atoms with Crippen molar-refractivity contribution in [3.05, 3.63) is 45.8 Å². The van der Waals surface area contributed by atoms with Crippen molar-refractivity contribution in [2.24, 2.45) is 0 Å². The lowest BCUT2D eigenvalue weighted by molar-refractivity contribution is 0.0961. The van der Waals surface area contributed by atoms with E-state index < -0.39 is 22.0 Å². The highest BCUT2D eigenvalue weighted by Gasteiger charge is 2.32. The minimum absolute atomic E-state index is 0.0607. The molecule has 37 heavy (non-hydrogen) atoms. The Morgan fingerprint density at radius 1 is 1.11 bits per heavy atom. The van der Waals surface area contributed by atoms with Gasteiger partial charge in [0.05, 0.1) is 23.6 Å². The second-order valence-electron chi connectivity index (χ2n) is 9.10. The van der Waals surface area contributed by atoms with E-state index in [4.69, 9.17) is 4.74 Å². The third-order valence-corrected chi connectivity index (χ3v) is 9.89. The lowest BCUT2D eigenvalue weighted by atomic mass is 10.0. The van der Waals surface area contributed by atoms with E-state index >= 15 is 0 Å². The van der Waals surface area contributed by atoms with Crippen LogP contribution in [0.15, 0.2) is 29.2 Å². The zero-order valence-corrected chi connectivity index (χ0v) is 22.8. The van der Waals surface area contributed by atoms with Gasteiger partial charge in [-0.05, 0) is 62.9 Å². The number of hydrogen-bond donors (Lipinski definition) is 2. The van der Waals surface area contributed by atoms with Gasteiger partial charge in [0.25, 0.3) is 11.8 Å². The predicted octanol–water partition coefficient (Wildman–Crippen LogP) is 3.44. The van der Waals surface area contributed by atoms with Crippen LogP contribution in [0.25, 0.3) is 0 Å². The molecule has 200 valence electrons. The summed E-state index contributed by atoms with van der Waals surface area (Å²) < 4.78 is 32.8. The fourth-order valence-electron chi connectivity index (χ4n) is 4.75. The third-order valence-electron chi connectivity index (χ3n) is 6.73. The molecule has 0 radical (unpaired) electrons. The molecule has 2 aliphatic rings. The van der Waals surface area contributed by atoms with Crippen molar-refractivity contribution in [2.45, 2.75) is 57.0 Å². The lowest BCUT2D eigenvalue weighted by Gasteiger charge is -2.32. The van der Waals surface area contributed by atoms with Gasteiger partial charge in [0.1, 0.15) is 5.00 Å². The van der Waals surface area contributed by atoms with Gasteiger partial charge in [0.2, 0.25) is 10.0 Å². The Balaban J connectivity index is 1.55. The number of benzene rings is 1. The molecule has 1 unspecified atom stereocenters. The number of anilines is 1. The summed E-state index contributed by atoms with van der Waals surface area (Å²) in [6.07, 6.45) is 2.72. The van der Waals surface area contributed by atoms with E-state index in [9.17, 15) is 22.8 Å². The molecule has 1 aromatic carbocycles. The normalized spacial score (nSPS) is 18.1. The van der Waals surface area contributed by atoms with Crippen molar-refractivity contribution >= 4 is 44.3 Å². The first-order valence-corrected chi connectivity index (χ1v) is 14.6. The fourth-order valence-corrected chi connectivity index (χ4v) is 7.70. The van der Waals surface area contributed by atoms with Crippen LogP contribution < -0.4 is 10.6 Å². The lowest BCUT2D eigenvalue weighted by Crippen LogP contribution is -2.41. The van der Waals surface area contributed by atoms with Gasteiger partial charge < -0.3 is 20.3 Å². The number of carbonyl (C=O) groups is 3. The molecule has 10 nitrogen and oxygen atoms in total. The molecule has 1 aromatic heterocycles. The highest BCUT2D eigenvalue weighted by atomic mass is 32.2. The summed E-state index contributed by atoms with van der Waals surface area (Å²) in [5.74, 6) is -0.782. The molecule has 12 heteroatoms. The quantitative estimate of drug-likeness (QED) is 0.570. The molecule has 1 saturated heterocycles. The largest absolute Gasteiger partial charge is 0.450 e. The van der Waals surface area contributed by atoms with Gasteiger partial charge in [-0.1, -0.05) is 6.42 Å². The van der Waals surface area contributed by atoms with E-state index in [1.807, 2.05) is 6.92 Å². The molecule has 0 bridgehead atoms. The monoisotopic (exact) mass is 548 g/mol. The molecule has 2 N–H and O–H groups in total. The van der Waals surface area contributed by atoms with Gasteiger partial charge in [0.15, 0.2) is 0 Å². The number of nitrogens with one attached hydrogen (secondary N) is 2. The van der Waals surface area contributed by atoms with Crippen LogP contribution >= 0.6 is 11.3 Å². The van der Waals surface area contributed by atoms with E-state index in [1.54, 1.807) is 11.8 Å². The maximum absolute atomic E-state index is 13.1. The molecule has 0 spiro atoms. The molecular weight excluding hydrogens is 516 g/mol. The first-order valence-electron chi connectivity index (χ1n) is 12.4. The van der Waals surface area contributed by atoms with Crippen LogP contribution in [0.4, 0.5) is 9.80 Å². The third kappa shape index (κ3) is 5.51. The number of nitrogens with zero attached hydrogens (tertiary/aromatic N) is 2. The summed E-state index contributed by atoms with van der Waals surface area (Å²) in [5, 5.41) is 5.83. The van der Waals surface area contributed by atoms with Gasteiger partial charge >= 0.3 is 6.09 Å². The van der Waals surface area contributed by atoms with Crippen LogP contribution in [0.3, 0.4) is 0 Å². The highest BCUT2D eigenvalue weighted by molar-refractivity contribution is 7.89. The van der Waals surface area contributed by atoms with E-state index in [1.165, 1.54) is 47.0 Å². The number of rotatable bonds is 6. The summed E-state index contributed by atoms with van der Waals surface area (Å²) in [5.41, 5.74) is 1.46. The SMILES string of the molecule is CCOC(=O)N1CCc2c(sc(NC(=O)c3ccc(S(=O)(=O)N4CCCCC4C)cc3)c2C(=O)NC)C1. The Kier molecular flexibility index (Phi) is 8.20. The number of sulfonamides is 1. The molecular formula is C25H32N4O6S2. The molecule has 1 fully saturated rings. The minimum atomic E-state index is -3.64. The molecule has 2 aliphatic heterocycles. The van der Waals surface area contributed by atoms with Crippen LogP contribution in [0.5, 0.6) is 0 Å². The number of fused-ring (bicyclic) bond motifs is 1. The minimum Gasteiger partial charge on any atom is -0.450 e. The van der Waals surface area contributed by atoms with Crippen molar-refractivity contribution in [3.8, 4) is 0 Å². The molecule has 3 amide bonds. The Labute approximate surface area is 221 Å². The van der Waals surface area contributed by atoms with Gasteiger partial charge in [0, 0.05) is 36.6 Å². The second-order valence-corrected chi connectivity index (χ2v) is 12.1. The number of hydrogen-bond acceptors (Lipinski definition) is 7. The first-order chi connectivity index (χ1) is 17.7. The van der Waals surface area contributed by atoms with Crippen LogP contribution in [0.2, 0.25) is 0 Å². The average Bonchev–Trinajstić information content (AvgIpc) is 3.25. The molecule has 3 heterocycles. The van der Waals surface area contributed by atoms with E-state index in [0.717, 1.165) is 29.7 Å². The van der Waals surface area contributed by atoms with Crippen LogP contribution in [0.1, 0.15) is 64.3 Å². The number of carbonyl (C=O) groups excluding carboxylic acids is 3. The van der Waals surface area contributed by atoms with Crippen molar-refractivity contribution in [3.63, 3.8) is 0 Å². The molecule has 0 aliphatic carbocycles. The van der Waals surface area contributed by atoms with Crippen molar-refractivity contribution in [2.75, 3.05) is 32.1 Å². The van der Waals surface area contributed by atoms with Gasteiger partial charge in [-0.15, -0.1) is 11.3 Å². The second kappa shape index (κ2) is 11.2. The molecule has 2 aromatic rings. The van der Waals surface area contributed by atoms with E-state index in [2.05, 4.69) is 10.6 Å². The first kappa shape index (κ1) is 27.1. The van der Waals surface area contributed by atoms with Crippen LogP contribution in [0, 0.1) is 0 Å². The number of piperidine rings is 1. The van der Waals surface area contributed by atoms with Gasteiger partial charge in [-0.3, -0.25) is 9.59 Å². The van der Waals surface area contributed by atoms with E-state index in [0.29, 0.717) is 36.6 Å². The predicted molar refractivity (Wildman–Crippen MR) is 140 cm³/mol. The fraction of sp³-hybridized carbons (Fsp3) is 0.480. The Bertz CT molecular complexity index is 1290. The maximum atomic E-state index is 13.1. The average molecular weight is 549 g/mol. The van der Waals surface area contributed by atoms with Crippen LogP contribution in [-0.2, 0) is 27.7 Å². The zero-order valence-electron chi connectivity index (χ0n) is 21.2. The van der Waals surface area contributed by atoms with Gasteiger partial charge in [-0.25, -0.2) is 13.2 Å². The zero-order chi connectivity index (χ0) is 26.7. The van der Waals surface area contributed by atoms with Gasteiger partial charge in [-0.2, -0.15) is 4.31 Å². The summed E-state index contributed by atoms with van der Waals surface area (Å²) >= 11 is 1.25. The Hall–Kier alpha value is -2.96.